The van der Waals surface area contributed by atoms with Gasteiger partial charge in [0.25, 0.3) is 5.56 Å². The molecule has 0 aliphatic carbocycles. The zero-order chi connectivity index (χ0) is 15.6. The minimum Gasteiger partial charge on any atom is -0.382 e. The van der Waals surface area contributed by atoms with Crippen LogP contribution < -0.4 is 11.2 Å². The summed E-state index contributed by atoms with van der Waals surface area (Å²) in [4.78, 5) is 25.9. The lowest BCUT2D eigenvalue weighted by Gasteiger charge is -2.20. The Kier molecular flexibility index (Phi) is 4.80. The summed E-state index contributed by atoms with van der Waals surface area (Å²) >= 11 is 0. The Balaban J connectivity index is 2.46. The van der Waals surface area contributed by atoms with E-state index in [9.17, 15) is 9.59 Å². The molecule has 1 aliphatic rings. The van der Waals surface area contributed by atoms with Crippen molar-refractivity contribution < 1.29 is 9.47 Å². The molecule has 1 saturated heterocycles. The predicted octanol–water partition coefficient (Wildman–Crippen LogP) is 1.36. The number of hydrogen-bond acceptors (Lipinski definition) is 4. The van der Waals surface area contributed by atoms with Gasteiger partial charge in [-0.3, -0.25) is 14.3 Å². The molecule has 1 unspecified atom stereocenters. The maximum atomic E-state index is 12.1. The first-order valence-corrected chi connectivity index (χ1v) is 7.16. The van der Waals surface area contributed by atoms with Crippen LogP contribution in [0.4, 0.5) is 0 Å². The molecule has 0 aromatic carbocycles. The Morgan fingerprint density at radius 1 is 1.48 bits per heavy atom. The van der Waals surface area contributed by atoms with Gasteiger partial charge in [0.2, 0.25) is 0 Å². The monoisotopic (exact) mass is 294 g/mol. The number of H-pyrrole nitrogens is 1. The Hall–Kier alpha value is -1.66. The number of aryl methyl sites for hydroxylation is 1. The second-order valence-electron chi connectivity index (χ2n) is 5.25. The molecular weight excluding hydrogens is 272 g/mol. The number of nitrogens with zero attached hydrogens (tertiary/aromatic N) is 1. The fourth-order valence-electron chi connectivity index (χ4n) is 2.90. The number of aromatic amines is 1. The van der Waals surface area contributed by atoms with E-state index in [1.807, 2.05) is 13.0 Å². The second-order valence-corrected chi connectivity index (χ2v) is 5.25. The molecule has 116 valence electrons. The molecule has 0 amide bonds. The number of allylic oxidation sites excluding steroid dienone is 1. The maximum absolute atomic E-state index is 12.1. The smallest absolute Gasteiger partial charge is 0.330 e. The van der Waals surface area contributed by atoms with Crippen molar-refractivity contribution in [3.8, 4) is 0 Å². The number of rotatable bonds is 4. The van der Waals surface area contributed by atoms with Crippen LogP contribution in [0.1, 0.15) is 32.1 Å². The van der Waals surface area contributed by atoms with Gasteiger partial charge in [0.05, 0.1) is 6.61 Å². The molecule has 1 aromatic rings. The van der Waals surface area contributed by atoms with Crippen molar-refractivity contribution in [2.45, 2.75) is 39.5 Å². The minimum atomic E-state index is -0.442. The van der Waals surface area contributed by atoms with Gasteiger partial charge in [0, 0.05) is 24.8 Å². The third kappa shape index (κ3) is 2.87. The highest BCUT2D eigenvalue weighted by Crippen LogP contribution is 2.40. The van der Waals surface area contributed by atoms with Crippen molar-refractivity contribution in [3.05, 3.63) is 44.2 Å². The second kappa shape index (κ2) is 6.41. The van der Waals surface area contributed by atoms with Crippen LogP contribution in [0, 0.1) is 12.8 Å². The van der Waals surface area contributed by atoms with Crippen LogP contribution in [0.5, 0.6) is 0 Å². The van der Waals surface area contributed by atoms with E-state index in [1.54, 1.807) is 20.2 Å². The summed E-state index contributed by atoms with van der Waals surface area (Å²) in [6.45, 7) is 6.15. The quantitative estimate of drug-likeness (QED) is 0.851. The van der Waals surface area contributed by atoms with Crippen molar-refractivity contribution in [2.24, 2.45) is 5.92 Å². The summed E-state index contributed by atoms with van der Waals surface area (Å²) in [5, 5.41) is 0. The van der Waals surface area contributed by atoms with Crippen molar-refractivity contribution in [1.29, 1.82) is 0 Å². The van der Waals surface area contributed by atoms with E-state index in [4.69, 9.17) is 9.47 Å². The molecule has 3 atom stereocenters. The molecule has 1 fully saturated rings. The van der Waals surface area contributed by atoms with Crippen LogP contribution in [0.3, 0.4) is 0 Å². The van der Waals surface area contributed by atoms with E-state index in [-0.39, 0.29) is 17.6 Å². The van der Waals surface area contributed by atoms with Crippen LogP contribution in [-0.2, 0) is 9.47 Å². The Bertz CT molecular complexity index is 644. The normalized spacial score (nSPS) is 27.4. The SMILES string of the molecule is C/C=C1/C(CC)[C@H](n2cc(C)c(=O)[nH]c2=O)O[C@@H]1COC. The first-order valence-electron chi connectivity index (χ1n) is 7.16. The van der Waals surface area contributed by atoms with Crippen LogP contribution in [0.2, 0.25) is 0 Å². The molecule has 2 rings (SSSR count). The van der Waals surface area contributed by atoms with Crippen molar-refractivity contribution >= 4 is 0 Å². The molecule has 1 aromatic heterocycles. The van der Waals surface area contributed by atoms with E-state index in [2.05, 4.69) is 11.9 Å². The van der Waals surface area contributed by atoms with Crippen molar-refractivity contribution in [2.75, 3.05) is 13.7 Å². The number of nitrogens with one attached hydrogen (secondary N) is 1. The van der Waals surface area contributed by atoms with Crippen molar-refractivity contribution in [3.63, 3.8) is 0 Å². The fourth-order valence-corrected chi connectivity index (χ4v) is 2.90. The molecule has 0 spiro atoms. The molecule has 2 heterocycles. The highest BCUT2D eigenvalue weighted by molar-refractivity contribution is 5.18. The summed E-state index contributed by atoms with van der Waals surface area (Å²) in [5.74, 6) is 0.0955. The van der Waals surface area contributed by atoms with E-state index in [0.29, 0.717) is 12.2 Å². The predicted molar refractivity (Wildman–Crippen MR) is 79.4 cm³/mol. The largest absolute Gasteiger partial charge is 0.382 e. The molecule has 0 saturated carbocycles. The first-order chi connectivity index (χ1) is 10.0. The number of aromatic nitrogens is 2. The summed E-state index contributed by atoms with van der Waals surface area (Å²) in [6.07, 6.45) is 3.87. The Labute approximate surface area is 123 Å². The summed E-state index contributed by atoms with van der Waals surface area (Å²) in [7, 11) is 1.63. The van der Waals surface area contributed by atoms with Crippen LogP contribution in [0.15, 0.2) is 27.4 Å². The van der Waals surface area contributed by atoms with Gasteiger partial charge in [-0.1, -0.05) is 13.0 Å². The third-order valence-corrected chi connectivity index (χ3v) is 3.96. The van der Waals surface area contributed by atoms with E-state index >= 15 is 0 Å². The molecule has 1 N–H and O–H groups in total. The summed E-state index contributed by atoms with van der Waals surface area (Å²) in [6, 6.07) is 0. The van der Waals surface area contributed by atoms with Crippen molar-refractivity contribution in [1.82, 2.24) is 9.55 Å². The number of ether oxygens (including phenoxy) is 2. The van der Waals surface area contributed by atoms with Crippen LogP contribution in [0.25, 0.3) is 0 Å². The molecule has 21 heavy (non-hydrogen) atoms. The molecular formula is C15H22N2O4. The molecule has 0 bridgehead atoms. The zero-order valence-electron chi connectivity index (χ0n) is 12.9. The average molecular weight is 294 g/mol. The van der Waals surface area contributed by atoms with Gasteiger partial charge >= 0.3 is 5.69 Å². The van der Waals surface area contributed by atoms with Gasteiger partial charge in [0.15, 0.2) is 0 Å². The average Bonchev–Trinajstić information content (AvgIpc) is 2.80. The maximum Gasteiger partial charge on any atom is 0.330 e. The Morgan fingerprint density at radius 2 is 2.19 bits per heavy atom. The highest BCUT2D eigenvalue weighted by atomic mass is 16.5. The van der Waals surface area contributed by atoms with Crippen LogP contribution in [-0.4, -0.2) is 29.4 Å². The summed E-state index contributed by atoms with van der Waals surface area (Å²) in [5.41, 5.74) is 0.829. The van der Waals surface area contributed by atoms with Gasteiger partial charge < -0.3 is 9.47 Å². The topological polar surface area (TPSA) is 73.3 Å². The lowest BCUT2D eigenvalue weighted by atomic mass is 9.93. The lowest BCUT2D eigenvalue weighted by molar-refractivity contribution is -0.0402. The van der Waals surface area contributed by atoms with Gasteiger partial charge in [-0.05, 0) is 25.8 Å². The van der Waals surface area contributed by atoms with E-state index in [1.165, 1.54) is 4.57 Å². The molecule has 1 aliphatic heterocycles. The van der Waals surface area contributed by atoms with Gasteiger partial charge in [-0.25, -0.2) is 4.79 Å². The lowest BCUT2D eigenvalue weighted by Crippen LogP contribution is -2.35. The fraction of sp³-hybridized carbons (Fsp3) is 0.600. The summed E-state index contributed by atoms with van der Waals surface area (Å²) < 4.78 is 12.7. The molecule has 6 nitrogen and oxygen atoms in total. The first kappa shape index (κ1) is 15.7. The molecule has 0 radical (unpaired) electrons. The van der Waals surface area contributed by atoms with Gasteiger partial charge in [-0.15, -0.1) is 0 Å². The Morgan fingerprint density at radius 3 is 2.76 bits per heavy atom. The highest BCUT2D eigenvalue weighted by Gasteiger charge is 2.39. The number of hydrogen-bond donors (Lipinski definition) is 1. The van der Waals surface area contributed by atoms with E-state index in [0.717, 1.165) is 12.0 Å². The molecule has 6 heteroatoms. The standard InChI is InChI=1S/C15H22N2O4/c1-5-10-11(6-2)14(21-12(10)8-20-4)17-7-9(3)13(18)16-15(17)19/h5,7,11-12,14H,6,8H2,1-4H3,(H,16,18,19)/b10-5-/t11?,12-,14-/m1/s1. The van der Waals surface area contributed by atoms with Gasteiger partial charge in [0.1, 0.15) is 12.3 Å². The van der Waals surface area contributed by atoms with Gasteiger partial charge in [-0.2, -0.15) is 0 Å². The third-order valence-electron chi connectivity index (χ3n) is 3.96. The number of methoxy groups -OCH3 is 1. The van der Waals surface area contributed by atoms with E-state index < -0.39 is 11.9 Å². The van der Waals surface area contributed by atoms with Crippen LogP contribution >= 0.6 is 0 Å². The zero-order valence-corrected chi connectivity index (χ0v) is 12.9. The minimum absolute atomic E-state index is 0.0955.